The van der Waals surface area contributed by atoms with Crippen LogP contribution in [-0.4, -0.2) is 0 Å². The Morgan fingerprint density at radius 2 is 0.500 bits per heavy atom. The maximum Gasteiger partial charge on any atom is -0.0443 e. The number of unbranched alkanes of at least 4 members (excludes halogenated alkanes) is 17. The van der Waals surface area contributed by atoms with Gasteiger partial charge in [-0.15, -0.1) is 0 Å². The van der Waals surface area contributed by atoms with E-state index in [0.29, 0.717) is 0 Å². The van der Waals surface area contributed by atoms with E-state index in [9.17, 15) is 0 Å². The van der Waals surface area contributed by atoms with Crippen LogP contribution in [0.3, 0.4) is 0 Å². The molecule has 0 radical (unpaired) electrons. The Morgan fingerprint density at radius 3 is 0.733 bits per heavy atom. The minimum atomic E-state index is 0.964. The Bertz CT molecular complexity index is 294. The maximum atomic E-state index is 2.50. The summed E-state index contributed by atoms with van der Waals surface area (Å²) in [6, 6.07) is 0. The van der Waals surface area contributed by atoms with Crippen LogP contribution in [0.1, 0.15) is 182 Å². The molecule has 0 fully saturated rings. The molecule has 0 nitrogen and oxygen atoms in total. The highest BCUT2D eigenvalue weighted by atomic mass is 14.1. The molecule has 0 saturated carbocycles. The van der Waals surface area contributed by atoms with Crippen molar-refractivity contribution in [3.63, 3.8) is 0 Å². The van der Waals surface area contributed by atoms with Crippen molar-refractivity contribution in [1.29, 1.82) is 0 Å². The van der Waals surface area contributed by atoms with Gasteiger partial charge in [0, 0.05) is 0 Å². The van der Waals surface area contributed by atoms with Gasteiger partial charge in [0.05, 0.1) is 0 Å². The van der Waals surface area contributed by atoms with Gasteiger partial charge >= 0.3 is 0 Å². The first kappa shape index (κ1) is 30.0. The van der Waals surface area contributed by atoms with E-state index < -0.39 is 0 Å². The standard InChI is InChI=1S/C30H62/c1-5-7-9-11-13-14-15-16-18-22-26-30(4)28-24-20-19-23-27-29(3)25-21-17-12-10-8-6-2/h29-30H,5-28H2,1-4H3. The SMILES string of the molecule is CCCCCCCCCCCCC(C)CCCCCCC(C)CCCCCCCC. The molecule has 0 aromatic heterocycles. The molecule has 30 heavy (non-hydrogen) atoms. The fourth-order valence-corrected chi connectivity index (χ4v) is 4.88. The Kier molecular flexibility index (Phi) is 25.3. The van der Waals surface area contributed by atoms with Crippen molar-refractivity contribution in [3.05, 3.63) is 0 Å². The summed E-state index contributed by atoms with van der Waals surface area (Å²) in [5.74, 6) is 1.93. The molecule has 0 aliphatic heterocycles. The van der Waals surface area contributed by atoms with E-state index in [0.717, 1.165) is 11.8 Å². The second-order valence-electron chi connectivity index (χ2n) is 10.7. The second kappa shape index (κ2) is 25.3. The summed E-state index contributed by atoms with van der Waals surface area (Å²) < 4.78 is 0. The molecular weight excluding hydrogens is 360 g/mol. The van der Waals surface area contributed by atoms with Crippen LogP contribution in [0.15, 0.2) is 0 Å². The van der Waals surface area contributed by atoms with Crippen LogP contribution in [0.4, 0.5) is 0 Å². The quantitative estimate of drug-likeness (QED) is 0.128. The van der Waals surface area contributed by atoms with E-state index in [4.69, 9.17) is 0 Å². The molecule has 0 aromatic rings. The van der Waals surface area contributed by atoms with E-state index in [-0.39, 0.29) is 0 Å². The lowest BCUT2D eigenvalue weighted by Gasteiger charge is -2.12. The van der Waals surface area contributed by atoms with Gasteiger partial charge in [-0.05, 0) is 11.8 Å². The molecule has 0 aliphatic rings. The summed E-state index contributed by atoms with van der Waals surface area (Å²) in [4.78, 5) is 0. The lowest BCUT2D eigenvalue weighted by atomic mass is 9.94. The van der Waals surface area contributed by atoms with Gasteiger partial charge in [0.1, 0.15) is 0 Å². The minimum Gasteiger partial charge on any atom is -0.0654 e. The summed E-state index contributed by atoms with van der Waals surface area (Å²) in [5.41, 5.74) is 0. The third-order valence-corrected chi connectivity index (χ3v) is 7.24. The zero-order valence-electron chi connectivity index (χ0n) is 22.1. The fraction of sp³-hybridized carbons (Fsp3) is 1.00. The summed E-state index contributed by atoms with van der Waals surface area (Å²) in [5, 5.41) is 0. The molecule has 0 amide bonds. The van der Waals surface area contributed by atoms with Crippen LogP contribution >= 0.6 is 0 Å². The Labute approximate surface area is 193 Å². The second-order valence-corrected chi connectivity index (χ2v) is 10.7. The van der Waals surface area contributed by atoms with Gasteiger partial charge < -0.3 is 0 Å². The molecule has 2 atom stereocenters. The summed E-state index contributed by atoms with van der Waals surface area (Å²) in [6.45, 7) is 9.60. The van der Waals surface area contributed by atoms with E-state index in [1.807, 2.05) is 0 Å². The van der Waals surface area contributed by atoms with Gasteiger partial charge in [0.25, 0.3) is 0 Å². The minimum absolute atomic E-state index is 0.964. The third-order valence-electron chi connectivity index (χ3n) is 7.24. The van der Waals surface area contributed by atoms with Gasteiger partial charge in [0.15, 0.2) is 0 Å². The number of hydrogen-bond acceptors (Lipinski definition) is 0. The monoisotopic (exact) mass is 422 g/mol. The van der Waals surface area contributed by atoms with E-state index in [2.05, 4.69) is 27.7 Å². The molecule has 0 rings (SSSR count). The van der Waals surface area contributed by atoms with Crippen LogP contribution in [0.25, 0.3) is 0 Å². The lowest BCUT2D eigenvalue weighted by Crippen LogP contribution is -1.97. The van der Waals surface area contributed by atoms with Crippen molar-refractivity contribution in [2.75, 3.05) is 0 Å². The molecular formula is C30H62. The van der Waals surface area contributed by atoms with Crippen LogP contribution in [-0.2, 0) is 0 Å². The average Bonchev–Trinajstić information content (AvgIpc) is 2.74. The Balaban J connectivity index is 3.25. The van der Waals surface area contributed by atoms with Gasteiger partial charge in [-0.3, -0.25) is 0 Å². The Hall–Kier alpha value is 0. The van der Waals surface area contributed by atoms with E-state index >= 15 is 0 Å². The first-order valence-corrected chi connectivity index (χ1v) is 14.7. The number of hydrogen-bond donors (Lipinski definition) is 0. The zero-order chi connectivity index (χ0) is 22.1. The van der Waals surface area contributed by atoms with Gasteiger partial charge in [-0.2, -0.15) is 0 Å². The summed E-state index contributed by atoms with van der Waals surface area (Å²) in [7, 11) is 0. The summed E-state index contributed by atoms with van der Waals surface area (Å²) in [6.07, 6.45) is 35.1. The average molecular weight is 423 g/mol. The normalized spacial score (nSPS) is 13.6. The van der Waals surface area contributed by atoms with E-state index in [1.54, 1.807) is 0 Å². The first-order valence-electron chi connectivity index (χ1n) is 14.7. The van der Waals surface area contributed by atoms with E-state index in [1.165, 1.54) is 154 Å². The molecule has 0 saturated heterocycles. The largest absolute Gasteiger partial charge is 0.0654 e. The zero-order valence-corrected chi connectivity index (χ0v) is 22.1. The van der Waals surface area contributed by atoms with Crippen LogP contribution < -0.4 is 0 Å². The van der Waals surface area contributed by atoms with Crippen molar-refractivity contribution in [3.8, 4) is 0 Å². The van der Waals surface area contributed by atoms with Gasteiger partial charge in [-0.1, -0.05) is 182 Å². The van der Waals surface area contributed by atoms with Crippen LogP contribution in [0.2, 0.25) is 0 Å². The number of rotatable bonds is 25. The van der Waals surface area contributed by atoms with Crippen molar-refractivity contribution in [2.45, 2.75) is 182 Å². The smallest absolute Gasteiger partial charge is 0.0443 e. The fourth-order valence-electron chi connectivity index (χ4n) is 4.88. The van der Waals surface area contributed by atoms with Gasteiger partial charge in [-0.25, -0.2) is 0 Å². The predicted octanol–water partition coefficient (Wildman–Crippen LogP) is 11.7. The molecule has 182 valence electrons. The Morgan fingerprint density at radius 1 is 0.300 bits per heavy atom. The highest BCUT2D eigenvalue weighted by molar-refractivity contribution is 4.58. The maximum absolute atomic E-state index is 2.50. The molecule has 0 heteroatoms. The first-order chi connectivity index (χ1) is 14.7. The lowest BCUT2D eigenvalue weighted by molar-refractivity contribution is 0.412. The molecule has 0 N–H and O–H groups in total. The van der Waals surface area contributed by atoms with Gasteiger partial charge in [0.2, 0.25) is 0 Å². The van der Waals surface area contributed by atoms with Crippen molar-refractivity contribution < 1.29 is 0 Å². The molecule has 0 aliphatic carbocycles. The third kappa shape index (κ3) is 24.3. The summed E-state index contributed by atoms with van der Waals surface area (Å²) >= 11 is 0. The highest BCUT2D eigenvalue weighted by Crippen LogP contribution is 2.21. The molecule has 0 spiro atoms. The topological polar surface area (TPSA) is 0 Å². The van der Waals surface area contributed by atoms with Crippen molar-refractivity contribution in [1.82, 2.24) is 0 Å². The van der Waals surface area contributed by atoms with Crippen molar-refractivity contribution in [2.24, 2.45) is 11.8 Å². The molecule has 0 aromatic carbocycles. The molecule has 2 unspecified atom stereocenters. The highest BCUT2D eigenvalue weighted by Gasteiger charge is 2.04. The molecule has 0 bridgehead atoms. The van der Waals surface area contributed by atoms with Crippen molar-refractivity contribution >= 4 is 0 Å². The van der Waals surface area contributed by atoms with Crippen LogP contribution in [0.5, 0.6) is 0 Å². The molecule has 0 heterocycles. The van der Waals surface area contributed by atoms with Crippen LogP contribution in [0, 0.1) is 11.8 Å². The predicted molar refractivity (Wildman–Crippen MR) is 140 cm³/mol.